The van der Waals surface area contributed by atoms with Gasteiger partial charge in [0.1, 0.15) is 0 Å². The minimum atomic E-state index is -1.66. The molecule has 0 bridgehead atoms. The molecule has 16 heavy (non-hydrogen) atoms. The van der Waals surface area contributed by atoms with Crippen LogP contribution in [-0.2, 0) is 14.0 Å². The smallest absolute Gasteiger partial charge is 0.308 e. The summed E-state index contributed by atoms with van der Waals surface area (Å²) in [6, 6.07) is 3.97. The molecule has 0 aliphatic rings. The third-order valence-electron chi connectivity index (χ3n) is 1.94. The second-order valence-electron chi connectivity index (χ2n) is 4.51. The molecule has 1 aromatic rings. The molecule has 1 aromatic heterocycles. The van der Waals surface area contributed by atoms with E-state index in [4.69, 9.17) is 9.16 Å². The summed E-state index contributed by atoms with van der Waals surface area (Å²) in [5.41, 5.74) is 0. The van der Waals surface area contributed by atoms with Gasteiger partial charge in [-0.1, -0.05) is 6.07 Å². The zero-order valence-electron chi connectivity index (χ0n) is 10.1. The number of hydrogen-bond acceptors (Lipinski definition) is 4. The molecule has 1 atom stereocenters. The van der Waals surface area contributed by atoms with Gasteiger partial charge in [0.15, 0.2) is 8.32 Å². The minimum absolute atomic E-state index is 0.154. The van der Waals surface area contributed by atoms with Crippen LogP contribution in [0.25, 0.3) is 0 Å². The highest BCUT2D eigenvalue weighted by atomic mass is 32.1. The van der Waals surface area contributed by atoms with Crippen molar-refractivity contribution in [3.05, 3.63) is 22.4 Å². The van der Waals surface area contributed by atoms with E-state index >= 15 is 0 Å². The Labute approximate surface area is 102 Å². The molecule has 0 saturated heterocycles. The first-order chi connectivity index (χ1) is 7.42. The van der Waals surface area contributed by atoms with Crippen LogP contribution in [-0.4, -0.2) is 21.4 Å². The largest absolute Gasteiger partial charge is 0.469 e. The fourth-order valence-corrected chi connectivity index (χ4v) is 3.24. The number of carbonyl (C=O) groups is 1. The van der Waals surface area contributed by atoms with Crippen LogP contribution in [0.15, 0.2) is 17.5 Å². The molecule has 1 rings (SSSR count). The van der Waals surface area contributed by atoms with Crippen molar-refractivity contribution in [2.45, 2.75) is 32.2 Å². The van der Waals surface area contributed by atoms with Gasteiger partial charge >= 0.3 is 5.97 Å². The molecule has 0 aliphatic heterocycles. The second-order valence-corrected chi connectivity index (χ2v) is 9.95. The lowest BCUT2D eigenvalue weighted by atomic mass is 10.2. The number of carbonyl (C=O) groups excluding carboxylic acids is 1. The molecule has 0 unspecified atom stereocenters. The Bertz CT molecular complexity index is 329. The first kappa shape index (κ1) is 13.4. The predicted molar refractivity (Wildman–Crippen MR) is 68.1 cm³/mol. The van der Waals surface area contributed by atoms with Crippen molar-refractivity contribution >= 4 is 25.6 Å². The molecule has 3 nitrogen and oxygen atoms in total. The van der Waals surface area contributed by atoms with Gasteiger partial charge in [0, 0.05) is 4.88 Å². The number of thiophene rings is 1. The minimum Gasteiger partial charge on any atom is -0.469 e. The fourth-order valence-electron chi connectivity index (χ4n) is 1.34. The quantitative estimate of drug-likeness (QED) is 0.601. The van der Waals surface area contributed by atoms with Crippen LogP contribution in [0.5, 0.6) is 0 Å². The number of hydrogen-bond donors (Lipinski definition) is 0. The maximum atomic E-state index is 11.3. The van der Waals surface area contributed by atoms with Crippen molar-refractivity contribution in [3.8, 4) is 0 Å². The first-order valence-corrected chi connectivity index (χ1v) is 9.49. The van der Waals surface area contributed by atoms with Crippen molar-refractivity contribution < 1.29 is 14.0 Å². The van der Waals surface area contributed by atoms with E-state index in [0.717, 1.165) is 4.88 Å². The second kappa shape index (κ2) is 5.61. The van der Waals surface area contributed by atoms with Crippen LogP contribution in [0.1, 0.15) is 17.4 Å². The molecule has 0 fully saturated rings. The zero-order valence-corrected chi connectivity index (χ0v) is 12.0. The van der Waals surface area contributed by atoms with Crippen LogP contribution >= 0.6 is 11.3 Å². The van der Waals surface area contributed by atoms with Gasteiger partial charge in [-0.05, 0) is 31.1 Å². The summed E-state index contributed by atoms with van der Waals surface area (Å²) in [5.74, 6) is -0.225. The Morgan fingerprint density at radius 2 is 2.19 bits per heavy atom. The highest BCUT2D eigenvalue weighted by Crippen LogP contribution is 2.29. The van der Waals surface area contributed by atoms with Crippen LogP contribution in [0, 0.1) is 0 Å². The van der Waals surface area contributed by atoms with E-state index in [-0.39, 0.29) is 12.1 Å². The van der Waals surface area contributed by atoms with Gasteiger partial charge in [-0.15, -0.1) is 11.3 Å². The molecule has 1 heterocycles. The summed E-state index contributed by atoms with van der Waals surface area (Å²) in [7, 11) is -0.252. The van der Waals surface area contributed by atoms with Gasteiger partial charge in [0.05, 0.1) is 19.6 Å². The van der Waals surface area contributed by atoms with Gasteiger partial charge in [0.2, 0.25) is 0 Å². The van der Waals surface area contributed by atoms with E-state index in [9.17, 15) is 4.79 Å². The Kier molecular flexibility index (Phi) is 4.70. The third kappa shape index (κ3) is 4.47. The van der Waals surface area contributed by atoms with E-state index in [2.05, 4.69) is 19.6 Å². The lowest BCUT2D eigenvalue weighted by Crippen LogP contribution is -2.29. The predicted octanol–water partition coefficient (Wildman–Crippen LogP) is 3.20. The van der Waals surface area contributed by atoms with Gasteiger partial charge in [-0.2, -0.15) is 0 Å². The number of esters is 1. The van der Waals surface area contributed by atoms with Crippen molar-refractivity contribution in [2.24, 2.45) is 0 Å². The van der Waals surface area contributed by atoms with Crippen molar-refractivity contribution in [3.63, 3.8) is 0 Å². The van der Waals surface area contributed by atoms with Crippen molar-refractivity contribution in [1.29, 1.82) is 0 Å². The summed E-state index contributed by atoms with van der Waals surface area (Å²) in [6.45, 7) is 6.35. The monoisotopic (exact) mass is 258 g/mol. The summed E-state index contributed by atoms with van der Waals surface area (Å²) >= 11 is 1.61. The Morgan fingerprint density at radius 1 is 1.50 bits per heavy atom. The maximum Gasteiger partial charge on any atom is 0.308 e. The average molecular weight is 258 g/mol. The normalized spacial score (nSPS) is 13.5. The molecule has 90 valence electrons. The molecule has 0 aromatic carbocycles. The average Bonchev–Trinajstić information content (AvgIpc) is 2.67. The maximum absolute atomic E-state index is 11.3. The van der Waals surface area contributed by atoms with E-state index in [1.165, 1.54) is 7.11 Å². The fraction of sp³-hybridized carbons (Fsp3) is 0.545. The van der Waals surface area contributed by atoms with E-state index in [0.29, 0.717) is 6.42 Å². The summed E-state index contributed by atoms with van der Waals surface area (Å²) in [4.78, 5) is 12.4. The number of rotatable bonds is 5. The van der Waals surface area contributed by atoms with Gasteiger partial charge < -0.3 is 9.16 Å². The number of methoxy groups -OCH3 is 1. The van der Waals surface area contributed by atoms with Crippen LogP contribution in [0.3, 0.4) is 0 Å². The molecule has 0 amide bonds. The SMILES string of the molecule is COC(=O)C[C@H](O[Si](C)(C)C)c1cccs1. The molecule has 5 heteroatoms. The van der Waals surface area contributed by atoms with Crippen LogP contribution < -0.4 is 0 Å². The highest BCUT2D eigenvalue weighted by molar-refractivity contribution is 7.10. The Hall–Kier alpha value is -0.653. The standard InChI is InChI=1S/C11H18O3SSi/c1-13-11(12)8-9(14-16(2,3)4)10-6-5-7-15-10/h5-7,9H,8H2,1-4H3/t9-/m0/s1. The summed E-state index contributed by atoms with van der Waals surface area (Å²) in [6.07, 6.45) is 0.139. The summed E-state index contributed by atoms with van der Waals surface area (Å²) < 4.78 is 10.7. The Morgan fingerprint density at radius 3 is 2.62 bits per heavy atom. The third-order valence-corrected chi connectivity index (χ3v) is 3.89. The molecule has 0 spiro atoms. The van der Waals surface area contributed by atoms with Crippen LogP contribution in [0.4, 0.5) is 0 Å². The van der Waals surface area contributed by atoms with Crippen molar-refractivity contribution in [1.82, 2.24) is 0 Å². The molecule has 0 radical (unpaired) electrons. The zero-order chi connectivity index (χ0) is 12.2. The Balaban J connectivity index is 2.74. The van der Waals surface area contributed by atoms with E-state index < -0.39 is 8.32 Å². The van der Waals surface area contributed by atoms with E-state index in [1.807, 2.05) is 17.5 Å². The molecular formula is C11H18O3SSi. The van der Waals surface area contributed by atoms with Gasteiger partial charge in [-0.25, -0.2) is 0 Å². The highest BCUT2D eigenvalue weighted by Gasteiger charge is 2.25. The molecular weight excluding hydrogens is 240 g/mol. The number of ether oxygens (including phenoxy) is 1. The first-order valence-electron chi connectivity index (χ1n) is 5.20. The van der Waals surface area contributed by atoms with Gasteiger partial charge in [-0.3, -0.25) is 4.79 Å². The van der Waals surface area contributed by atoms with Crippen LogP contribution in [0.2, 0.25) is 19.6 Å². The molecule has 0 aliphatic carbocycles. The lowest BCUT2D eigenvalue weighted by molar-refractivity contribution is -0.142. The van der Waals surface area contributed by atoms with Crippen molar-refractivity contribution in [2.75, 3.05) is 7.11 Å². The summed E-state index contributed by atoms with van der Waals surface area (Å²) in [5, 5.41) is 1.99. The molecule has 0 saturated carbocycles. The molecule has 0 N–H and O–H groups in total. The van der Waals surface area contributed by atoms with Gasteiger partial charge in [0.25, 0.3) is 0 Å². The van der Waals surface area contributed by atoms with E-state index in [1.54, 1.807) is 11.3 Å². The topological polar surface area (TPSA) is 35.5 Å². The lowest BCUT2D eigenvalue weighted by Gasteiger charge is -2.24.